The quantitative estimate of drug-likeness (QED) is 0.712. The molecule has 4 nitrogen and oxygen atoms in total. The van der Waals surface area contributed by atoms with E-state index in [9.17, 15) is 13.9 Å². The number of piperidine rings is 1. The summed E-state index contributed by atoms with van der Waals surface area (Å²) in [5.74, 6) is 0. The molecule has 5 heteroatoms. The van der Waals surface area contributed by atoms with E-state index in [2.05, 4.69) is 0 Å². The van der Waals surface area contributed by atoms with E-state index < -0.39 is 16.9 Å². The minimum Gasteiger partial charge on any atom is -0.388 e. The van der Waals surface area contributed by atoms with Crippen molar-refractivity contribution in [1.29, 1.82) is 0 Å². The van der Waals surface area contributed by atoms with E-state index in [1.807, 2.05) is 41.5 Å². The second-order valence-electron chi connectivity index (χ2n) is 6.44. The highest BCUT2D eigenvalue weighted by atomic mass is 32.2. The van der Waals surface area contributed by atoms with Crippen molar-refractivity contribution in [2.45, 2.75) is 66.2 Å². The van der Waals surface area contributed by atoms with Gasteiger partial charge in [-0.15, -0.1) is 0 Å². The van der Waals surface area contributed by atoms with Crippen LogP contribution in [0, 0.1) is 10.8 Å². The summed E-state index contributed by atoms with van der Waals surface area (Å²) in [4.78, 5) is 0. The van der Waals surface area contributed by atoms with Crippen LogP contribution in [-0.2, 0) is 11.3 Å². The second-order valence-corrected chi connectivity index (χ2v) is 7.32. The fourth-order valence-electron chi connectivity index (χ4n) is 2.87. The first-order chi connectivity index (χ1) is 7.39. The Balaban J connectivity index is 3.37. The molecule has 2 N–H and O–H groups in total. The zero-order valence-electron chi connectivity index (χ0n) is 11.8. The SMILES string of the molecule is CC1N(S(=O)O)C(C)C(C)(O)C(C)(C)C1(C)C. The van der Waals surface area contributed by atoms with E-state index in [1.54, 1.807) is 6.92 Å². The molecule has 0 amide bonds. The van der Waals surface area contributed by atoms with Crippen LogP contribution in [0.5, 0.6) is 0 Å². The molecule has 0 saturated carbocycles. The highest BCUT2D eigenvalue weighted by Gasteiger charge is 2.62. The molecule has 1 heterocycles. The summed E-state index contributed by atoms with van der Waals surface area (Å²) in [7, 11) is 0. The lowest BCUT2D eigenvalue weighted by Crippen LogP contribution is -2.72. The van der Waals surface area contributed by atoms with Gasteiger partial charge >= 0.3 is 0 Å². The third kappa shape index (κ3) is 1.79. The molecule has 4 atom stereocenters. The Labute approximate surface area is 107 Å². The van der Waals surface area contributed by atoms with E-state index in [-0.39, 0.29) is 22.9 Å². The van der Waals surface area contributed by atoms with Crippen molar-refractivity contribution >= 4 is 11.3 Å². The number of hydrogen-bond acceptors (Lipinski definition) is 2. The van der Waals surface area contributed by atoms with Crippen LogP contribution in [0.25, 0.3) is 0 Å². The summed E-state index contributed by atoms with van der Waals surface area (Å²) in [6.07, 6.45) is 0. The van der Waals surface area contributed by atoms with E-state index >= 15 is 0 Å². The minimum atomic E-state index is -2.07. The van der Waals surface area contributed by atoms with Gasteiger partial charge in [0.2, 0.25) is 11.3 Å². The zero-order valence-corrected chi connectivity index (χ0v) is 12.6. The molecule has 17 heavy (non-hydrogen) atoms. The average molecular weight is 263 g/mol. The fraction of sp³-hybridized carbons (Fsp3) is 1.00. The topological polar surface area (TPSA) is 60.8 Å². The summed E-state index contributed by atoms with van der Waals surface area (Å²) in [6.45, 7) is 13.6. The van der Waals surface area contributed by atoms with Gasteiger partial charge in [-0.2, -0.15) is 4.31 Å². The smallest absolute Gasteiger partial charge is 0.235 e. The molecule has 1 aliphatic heterocycles. The lowest BCUT2D eigenvalue weighted by molar-refractivity contribution is -0.200. The Morgan fingerprint density at radius 3 is 1.82 bits per heavy atom. The van der Waals surface area contributed by atoms with Gasteiger partial charge in [-0.1, -0.05) is 27.7 Å². The average Bonchev–Trinajstić information content (AvgIpc) is 2.14. The summed E-state index contributed by atoms with van der Waals surface area (Å²) in [5, 5.41) is 10.8. The van der Waals surface area contributed by atoms with Crippen molar-refractivity contribution in [2.24, 2.45) is 10.8 Å². The molecule has 0 bridgehead atoms. The largest absolute Gasteiger partial charge is 0.388 e. The van der Waals surface area contributed by atoms with E-state index in [0.29, 0.717) is 0 Å². The molecular weight excluding hydrogens is 238 g/mol. The van der Waals surface area contributed by atoms with Crippen molar-refractivity contribution in [1.82, 2.24) is 4.31 Å². The standard InChI is InChI=1S/C12H25NO3S/c1-8-10(3,4)11(5,6)12(7,14)9(2)13(8)17(15)16/h8-9,14H,1-7H3,(H,15,16). The maximum absolute atomic E-state index is 11.5. The predicted octanol–water partition coefficient (Wildman–Crippen LogP) is 2.02. The van der Waals surface area contributed by atoms with Crippen molar-refractivity contribution in [3.8, 4) is 0 Å². The van der Waals surface area contributed by atoms with Crippen LogP contribution in [0.2, 0.25) is 0 Å². The monoisotopic (exact) mass is 263 g/mol. The Morgan fingerprint density at radius 1 is 1.06 bits per heavy atom. The Bertz CT molecular complexity index is 315. The fourth-order valence-corrected chi connectivity index (χ4v) is 3.88. The first-order valence-corrected chi connectivity index (χ1v) is 7.07. The predicted molar refractivity (Wildman–Crippen MR) is 69.7 cm³/mol. The van der Waals surface area contributed by atoms with E-state index in [0.717, 1.165) is 0 Å². The van der Waals surface area contributed by atoms with Gasteiger partial charge in [-0.25, -0.2) is 4.21 Å². The molecule has 0 aromatic rings. The first kappa shape index (κ1) is 15.1. The molecule has 0 spiro atoms. The maximum atomic E-state index is 11.5. The van der Waals surface area contributed by atoms with E-state index in [4.69, 9.17) is 0 Å². The molecule has 102 valence electrons. The number of rotatable bonds is 1. The van der Waals surface area contributed by atoms with Gasteiger partial charge in [-0.05, 0) is 26.2 Å². The summed E-state index contributed by atoms with van der Waals surface area (Å²) in [5.41, 5.74) is -1.66. The lowest BCUT2D eigenvalue weighted by atomic mass is 9.52. The highest BCUT2D eigenvalue weighted by Crippen LogP contribution is 2.56. The van der Waals surface area contributed by atoms with Gasteiger partial charge in [0.25, 0.3) is 0 Å². The minimum absolute atomic E-state index is 0.0847. The van der Waals surface area contributed by atoms with Gasteiger partial charge in [0.05, 0.1) is 11.6 Å². The molecule has 0 radical (unpaired) electrons. The molecular formula is C12H25NO3S. The molecule has 1 rings (SSSR count). The molecule has 1 fully saturated rings. The number of hydrogen-bond donors (Lipinski definition) is 2. The van der Waals surface area contributed by atoms with Crippen molar-refractivity contribution in [2.75, 3.05) is 0 Å². The molecule has 0 aromatic heterocycles. The number of aliphatic hydroxyl groups is 1. The van der Waals surface area contributed by atoms with Gasteiger partial charge < -0.3 is 5.11 Å². The normalized spacial score (nSPS) is 43.4. The molecule has 1 aliphatic rings. The third-order valence-corrected chi connectivity index (χ3v) is 6.67. The summed E-state index contributed by atoms with van der Waals surface area (Å²) < 4.78 is 22.4. The van der Waals surface area contributed by atoms with Gasteiger partial charge in [-0.3, -0.25) is 4.55 Å². The van der Waals surface area contributed by atoms with Crippen molar-refractivity contribution < 1.29 is 13.9 Å². The Morgan fingerprint density at radius 2 is 1.47 bits per heavy atom. The molecule has 0 aliphatic carbocycles. The second kappa shape index (κ2) is 4.02. The Kier molecular flexibility index (Phi) is 3.56. The van der Waals surface area contributed by atoms with Crippen LogP contribution in [0.1, 0.15) is 48.5 Å². The summed E-state index contributed by atoms with van der Waals surface area (Å²) >= 11 is -2.07. The molecule has 0 aromatic carbocycles. The van der Waals surface area contributed by atoms with Crippen molar-refractivity contribution in [3.05, 3.63) is 0 Å². The van der Waals surface area contributed by atoms with Gasteiger partial charge in [0.15, 0.2) is 0 Å². The van der Waals surface area contributed by atoms with Gasteiger partial charge in [0, 0.05) is 11.5 Å². The van der Waals surface area contributed by atoms with Crippen LogP contribution in [0.15, 0.2) is 0 Å². The first-order valence-electron chi connectivity index (χ1n) is 6.00. The number of nitrogens with zero attached hydrogens (tertiary/aromatic N) is 1. The van der Waals surface area contributed by atoms with Crippen molar-refractivity contribution in [3.63, 3.8) is 0 Å². The van der Waals surface area contributed by atoms with Crippen LogP contribution in [-0.4, -0.2) is 35.9 Å². The zero-order chi connectivity index (χ0) is 13.8. The van der Waals surface area contributed by atoms with Crippen LogP contribution in [0.3, 0.4) is 0 Å². The third-order valence-electron chi connectivity index (χ3n) is 5.68. The maximum Gasteiger partial charge on any atom is 0.235 e. The lowest BCUT2D eigenvalue weighted by Gasteiger charge is -2.63. The molecule has 1 saturated heterocycles. The van der Waals surface area contributed by atoms with Crippen LogP contribution in [0.4, 0.5) is 0 Å². The highest BCUT2D eigenvalue weighted by molar-refractivity contribution is 7.76. The Hall–Kier alpha value is 0.0300. The summed E-state index contributed by atoms with van der Waals surface area (Å²) in [6, 6.07) is -0.454. The molecule has 4 unspecified atom stereocenters. The van der Waals surface area contributed by atoms with E-state index in [1.165, 1.54) is 4.31 Å². The van der Waals surface area contributed by atoms with Crippen LogP contribution >= 0.6 is 0 Å². The van der Waals surface area contributed by atoms with Crippen LogP contribution < -0.4 is 0 Å². The van der Waals surface area contributed by atoms with Gasteiger partial charge in [0.1, 0.15) is 0 Å².